The van der Waals surface area contributed by atoms with Gasteiger partial charge in [0.1, 0.15) is 12.5 Å². The van der Waals surface area contributed by atoms with Crippen LogP contribution in [0.5, 0.6) is 0 Å². The van der Waals surface area contributed by atoms with Gasteiger partial charge in [-0.15, -0.1) is 0 Å². The van der Waals surface area contributed by atoms with Crippen molar-refractivity contribution < 1.29 is 14.0 Å². The fraction of sp³-hybridized carbons (Fsp3) is 0.833. The second-order valence-corrected chi connectivity index (χ2v) is 5.97. The molecule has 0 aromatic heterocycles. The van der Waals surface area contributed by atoms with E-state index in [0.29, 0.717) is 24.7 Å². The second kappa shape index (κ2) is 20.9. The van der Waals surface area contributed by atoms with Crippen LogP contribution >= 0.6 is 0 Å². The summed E-state index contributed by atoms with van der Waals surface area (Å²) in [4.78, 5) is 21.2. The predicted octanol–water partition coefficient (Wildman–Crippen LogP) is 4.74. The van der Waals surface area contributed by atoms with Crippen molar-refractivity contribution in [1.29, 1.82) is 0 Å². The molecule has 0 heterocycles. The van der Waals surface area contributed by atoms with Crippen LogP contribution in [0.25, 0.3) is 0 Å². The first-order valence-electron chi connectivity index (χ1n) is 8.40. The summed E-state index contributed by atoms with van der Waals surface area (Å²) in [5.74, 6) is 0. The molecule has 0 saturated carbocycles. The molecule has 1 amide bonds. The van der Waals surface area contributed by atoms with E-state index < -0.39 is 5.67 Å². The highest BCUT2D eigenvalue weighted by Gasteiger charge is 2.23. The summed E-state index contributed by atoms with van der Waals surface area (Å²) in [6, 6.07) is 0. The number of nitrogens with two attached hydrogens (primary N) is 1. The van der Waals surface area contributed by atoms with Crippen molar-refractivity contribution in [3.05, 3.63) is 0 Å². The summed E-state index contributed by atoms with van der Waals surface area (Å²) in [5, 5.41) is 0. The van der Waals surface area contributed by atoms with Gasteiger partial charge in [0.25, 0.3) is 0 Å². The fourth-order valence-electron chi connectivity index (χ4n) is 1.40. The van der Waals surface area contributed by atoms with Gasteiger partial charge in [-0.2, -0.15) is 0 Å². The summed E-state index contributed by atoms with van der Waals surface area (Å²) in [6.45, 7) is 17.2. The number of halogens is 1. The van der Waals surface area contributed by atoms with Gasteiger partial charge in [0.15, 0.2) is 0 Å². The van der Waals surface area contributed by atoms with Gasteiger partial charge in [0, 0.05) is 6.21 Å². The monoisotopic (exact) mass is 334 g/mol. The third kappa shape index (κ3) is 29.5. The number of alkyl halides is 1. The lowest BCUT2D eigenvalue weighted by molar-refractivity contribution is -0.106. The zero-order valence-electron chi connectivity index (χ0n) is 16.3. The SMILES string of the molecule is C=O.CC.CC(C)(C)CCN.CCCCC(F)(C=NC=O)CC. The molecule has 0 saturated heterocycles. The van der Waals surface area contributed by atoms with Gasteiger partial charge in [0.2, 0.25) is 6.41 Å². The number of amides is 1. The molecule has 23 heavy (non-hydrogen) atoms. The Morgan fingerprint density at radius 1 is 1.13 bits per heavy atom. The van der Waals surface area contributed by atoms with Crippen LogP contribution in [0.3, 0.4) is 0 Å². The number of hydrogen-bond donors (Lipinski definition) is 1. The van der Waals surface area contributed by atoms with E-state index in [-0.39, 0.29) is 0 Å². The average molecular weight is 335 g/mol. The Balaban J connectivity index is -0.000000140. The third-order valence-electron chi connectivity index (χ3n) is 2.79. The van der Waals surface area contributed by atoms with Gasteiger partial charge in [-0.1, -0.05) is 61.3 Å². The molecular formula is C18H39FN2O2. The standard InChI is InChI=1S/C9H16FNO.C6H15N.C2H6.CH2O/c1-3-5-6-9(10,4-2)7-11-8-12;1-6(2,3)4-5-7;2*1-2/h7-8H,3-6H2,1-2H3;4-5,7H2,1-3H3;1-2H3;1H2. The fourth-order valence-corrected chi connectivity index (χ4v) is 1.40. The second-order valence-electron chi connectivity index (χ2n) is 5.97. The summed E-state index contributed by atoms with van der Waals surface area (Å²) in [5.41, 5.74) is 4.36. The molecule has 0 fully saturated rings. The minimum atomic E-state index is -1.38. The van der Waals surface area contributed by atoms with Crippen LogP contribution in [0.1, 0.15) is 80.6 Å². The van der Waals surface area contributed by atoms with Crippen molar-refractivity contribution in [3.8, 4) is 0 Å². The summed E-state index contributed by atoms with van der Waals surface area (Å²) < 4.78 is 13.6. The normalized spacial score (nSPS) is 12.6. The zero-order valence-corrected chi connectivity index (χ0v) is 16.3. The number of unbranched alkanes of at least 4 members (excludes halogenated alkanes) is 1. The molecule has 0 aliphatic rings. The highest BCUT2D eigenvalue weighted by molar-refractivity contribution is 5.76. The summed E-state index contributed by atoms with van der Waals surface area (Å²) in [7, 11) is 0. The number of carbonyl (C=O) groups is 2. The molecule has 0 aromatic rings. The van der Waals surface area contributed by atoms with E-state index in [4.69, 9.17) is 10.5 Å². The molecule has 0 aromatic carbocycles. The van der Waals surface area contributed by atoms with Crippen LogP contribution in [-0.2, 0) is 9.59 Å². The van der Waals surface area contributed by atoms with E-state index in [9.17, 15) is 9.18 Å². The van der Waals surface area contributed by atoms with Crippen LogP contribution < -0.4 is 5.73 Å². The third-order valence-corrected chi connectivity index (χ3v) is 2.79. The largest absolute Gasteiger partial charge is 0.330 e. The van der Waals surface area contributed by atoms with Gasteiger partial charge in [-0.05, 0) is 31.2 Å². The Morgan fingerprint density at radius 2 is 1.61 bits per heavy atom. The van der Waals surface area contributed by atoms with E-state index in [1.54, 1.807) is 6.92 Å². The molecule has 0 radical (unpaired) electrons. The molecule has 0 aliphatic carbocycles. The van der Waals surface area contributed by atoms with E-state index >= 15 is 0 Å². The molecule has 140 valence electrons. The van der Waals surface area contributed by atoms with Crippen LogP contribution in [0.2, 0.25) is 0 Å². The van der Waals surface area contributed by atoms with E-state index in [1.165, 1.54) is 0 Å². The first kappa shape index (κ1) is 29.9. The summed E-state index contributed by atoms with van der Waals surface area (Å²) in [6.07, 6.45) is 5.23. The molecule has 0 bridgehead atoms. The quantitative estimate of drug-likeness (QED) is 0.539. The van der Waals surface area contributed by atoms with Gasteiger partial charge < -0.3 is 10.5 Å². The molecule has 1 atom stereocenters. The number of carbonyl (C=O) groups excluding carboxylic acids is 2. The van der Waals surface area contributed by atoms with Crippen molar-refractivity contribution >= 4 is 19.4 Å². The Bertz CT molecular complexity index is 266. The Labute approximate surface area is 143 Å². The first-order valence-corrected chi connectivity index (χ1v) is 8.40. The van der Waals surface area contributed by atoms with Gasteiger partial charge in [0.05, 0.1) is 0 Å². The average Bonchev–Trinajstić information content (AvgIpc) is 2.54. The van der Waals surface area contributed by atoms with Crippen LogP contribution in [0.15, 0.2) is 4.99 Å². The maximum Gasteiger partial charge on any atom is 0.232 e. The molecule has 0 rings (SSSR count). The van der Waals surface area contributed by atoms with Crippen LogP contribution in [-0.4, -0.2) is 31.6 Å². The maximum atomic E-state index is 13.6. The minimum absolute atomic E-state index is 0.371. The van der Waals surface area contributed by atoms with Gasteiger partial charge in [-0.3, -0.25) is 4.79 Å². The molecule has 4 nitrogen and oxygen atoms in total. The lowest BCUT2D eigenvalue weighted by Gasteiger charge is -2.17. The van der Waals surface area contributed by atoms with Crippen molar-refractivity contribution in [2.45, 2.75) is 86.2 Å². The molecule has 1 unspecified atom stereocenters. The topological polar surface area (TPSA) is 72.5 Å². The van der Waals surface area contributed by atoms with Crippen molar-refractivity contribution in [2.75, 3.05) is 6.54 Å². The predicted molar refractivity (Wildman–Crippen MR) is 99.8 cm³/mol. The Kier molecular flexibility index (Phi) is 27.1. The first-order chi connectivity index (χ1) is 10.7. The lowest BCUT2D eigenvalue weighted by Crippen LogP contribution is -2.23. The molecule has 5 heteroatoms. The lowest BCUT2D eigenvalue weighted by atomic mass is 9.93. The molecule has 0 spiro atoms. The number of rotatable bonds is 7. The number of hydrogen-bond acceptors (Lipinski definition) is 3. The smallest absolute Gasteiger partial charge is 0.232 e. The van der Waals surface area contributed by atoms with Gasteiger partial charge >= 0.3 is 0 Å². The van der Waals surface area contributed by atoms with Crippen molar-refractivity contribution in [3.63, 3.8) is 0 Å². The molecule has 2 N–H and O–H groups in total. The maximum absolute atomic E-state index is 13.6. The van der Waals surface area contributed by atoms with E-state index in [0.717, 1.165) is 32.0 Å². The van der Waals surface area contributed by atoms with E-state index in [2.05, 4.69) is 25.8 Å². The zero-order chi connectivity index (χ0) is 19.4. The van der Waals surface area contributed by atoms with Crippen LogP contribution in [0.4, 0.5) is 4.39 Å². The Hall–Kier alpha value is -1.10. The van der Waals surface area contributed by atoms with E-state index in [1.807, 2.05) is 27.6 Å². The van der Waals surface area contributed by atoms with Crippen LogP contribution in [0, 0.1) is 5.41 Å². The van der Waals surface area contributed by atoms with Crippen molar-refractivity contribution in [2.24, 2.45) is 16.1 Å². The Morgan fingerprint density at radius 3 is 1.83 bits per heavy atom. The number of nitrogens with zero attached hydrogens (tertiary/aromatic N) is 1. The number of aliphatic imine (C=N–C) groups is 1. The highest BCUT2D eigenvalue weighted by Crippen LogP contribution is 2.21. The molecular weight excluding hydrogens is 295 g/mol. The summed E-state index contributed by atoms with van der Waals surface area (Å²) >= 11 is 0. The van der Waals surface area contributed by atoms with Crippen molar-refractivity contribution in [1.82, 2.24) is 0 Å². The highest BCUT2D eigenvalue weighted by atomic mass is 19.1. The minimum Gasteiger partial charge on any atom is -0.330 e. The molecule has 0 aliphatic heterocycles. The van der Waals surface area contributed by atoms with Gasteiger partial charge in [-0.25, -0.2) is 9.38 Å².